The van der Waals surface area contributed by atoms with E-state index in [1.54, 1.807) is 12.1 Å². The first kappa shape index (κ1) is 20.8. The van der Waals surface area contributed by atoms with Gasteiger partial charge in [-0.3, -0.25) is 4.79 Å². The highest BCUT2D eigenvalue weighted by molar-refractivity contribution is 7.96. The topological polar surface area (TPSA) is 97.4 Å². The zero-order chi connectivity index (χ0) is 20.4. The number of halogens is 1. The van der Waals surface area contributed by atoms with Crippen molar-refractivity contribution in [2.75, 3.05) is 18.1 Å². The Labute approximate surface area is 169 Å². The first-order valence-corrected chi connectivity index (χ1v) is 12.5. The van der Waals surface area contributed by atoms with Crippen molar-refractivity contribution in [3.8, 4) is 0 Å². The van der Waals surface area contributed by atoms with Gasteiger partial charge in [0.1, 0.15) is 0 Å². The van der Waals surface area contributed by atoms with E-state index in [1.807, 2.05) is 12.1 Å². The van der Waals surface area contributed by atoms with Crippen LogP contribution in [-0.4, -0.2) is 46.0 Å². The highest BCUT2D eigenvalue weighted by Crippen LogP contribution is 2.25. The smallest absolute Gasteiger partial charge is 0.251 e. The van der Waals surface area contributed by atoms with Gasteiger partial charge in [0.25, 0.3) is 5.91 Å². The van der Waals surface area contributed by atoms with Crippen molar-refractivity contribution in [3.05, 3.63) is 64.7 Å². The van der Waals surface area contributed by atoms with Crippen LogP contribution < -0.4 is 5.32 Å². The first-order valence-electron chi connectivity index (χ1n) is 8.74. The Morgan fingerprint density at radius 2 is 1.71 bits per heavy atom. The maximum absolute atomic E-state index is 12.6. The zero-order valence-corrected chi connectivity index (χ0v) is 17.4. The Bertz CT molecular complexity index is 1060. The molecular weight excluding hydrogens is 422 g/mol. The number of hydrogen-bond acceptors (Lipinski definition) is 5. The van der Waals surface area contributed by atoms with E-state index in [1.165, 1.54) is 24.3 Å². The van der Waals surface area contributed by atoms with Crippen LogP contribution >= 0.6 is 11.6 Å². The molecule has 0 radical (unpaired) electrons. The minimum Gasteiger partial charge on any atom is -0.352 e. The standard InChI is InChI=1S/C19H20ClNO5S2/c20-16-5-1-14(2-6-16)9-11-21-19(22)15-3-7-17(8-4-15)28(25,26)18-10-12-27(23,24)13-18/h1-8,18H,9-13H2,(H,21,22). The Balaban J connectivity index is 1.60. The monoisotopic (exact) mass is 441 g/mol. The second-order valence-electron chi connectivity index (χ2n) is 6.73. The molecule has 1 saturated heterocycles. The first-order chi connectivity index (χ1) is 13.2. The van der Waals surface area contributed by atoms with Gasteiger partial charge in [0.2, 0.25) is 0 Å². The van der Waals surface area contributed by atoms with E-state index in [0.717, 1.165) is 5.56 Å². The highest BCUT2D eigenvalue weighted by Gasteiger charge is 2.37. The summed E-state index contributed by atoms with van der Waals surface area (Å²) in [5.41, 5.74) is 1.38. The summed E-state index contributed by atoms with van der Waals surface area (Å²) in [5, 5.41) is 2.52. The largest absolute Gasteiger partial charge is 0.352 e. The molecule has 1 atom stereocenters. The molecule has 1 aliphatic heterocycles. The summed E-state index contributed by atoms with van der Waals surface area (Å²) in [5.74, 6) is -0.755. The quantitative estimate of drug-likeness (QED) is 0.741. The van der Waals surface area contributed by atoms with Crippen LogP contribution in [0.3, 0.4) is 0 Å². The zero-order valence-electron chi connectivity index (χ0n) is 15.0. The maximum Gasteiger partial charge on any atom is 0.251 e. The lowest BCUT2D eigenvalue weighted by Gasteiger charge is -2.11. The molecule has 1 heterocycles. The Kier molecular flexibility index (Phi) is 6.12. The van der Waals surface area contributed by atoms with Crippen molar-refractivity contribution >= 4 is 37.2 Å². The minimum absolute atomic E-state index is 0.0346. The molecule has 1 N–H and O–H groups in total. The molecule has 150 valence electrons. The van der Waals surface area contributed by atoms with Crippen LogP contribution in [0.15, 0.2) is 53.4 Å². The third-order valence-corrected chi connectivity index (χ3v) is 9.13. The fraction of sp³-hybridized carbons (Fsp3) is 0.316. The molecule has 0 bridgehead atoms. The summed E-state index contributed by atoms with van der Waals surface area (Å²) >= 11 is 5.83. The van der Waals surface area contributed by atoms with Crippen LogP contribution in [0.2, 0.25) is 5.02 Å². The average Bonchev–Trinajstić information content (AvgIpc) is 3.04. The lowest BCUT2D eigenvalue weighted by Crippen LogP contribution is -2.26. The summed E-state index contributed by atoms with van der Waals surface area (Å²) in [6.45, 7) is 0.431. The van der Waals surface area contributed by atoms with Crippen molar-refractivity contribution in [3.63, 3.8) is 0 Å². The van der Waals surface area contributed by atoms with E-state index in [4.69, 9.17) is 11.6 Å². The minimum atomic E-state index is -3.73. The molecular formula is C19H20ClNO5S2. The van der Waals surface area contributed by atoms with Gasteiger partial charge in [0, 0.05) is 17.1 Å². The number of nitrogens with one attached hydrogen (secondary N) is 1. The van der Waals surface area contributed by atoms with Crippen LogP contribution in [-0.2, 0) is 26.1 Å². The molecule has 1 fully saturated rings. The van der Waals surface area contributed by atoms with Gasteiger partial charge in [-0.2, -0.15) is 0 Å². The van der Waals surface area contributed by atoms with E-state index in [0.29, 0.717) is 23.6 Å². The van der Waals surface area contributed by atoms with Gasteiger partial charge in [0.15, 0.2) is 19.7 Å². The summed E-state index contributed by atoms with van der Waals surface area (Å²) in [6.07, 6.45) is 0.753. The normalized spacial score (nSPS) is 18.7. The molecule has 1 amide bonds. The molecule has 0 aliphatic carbocycles. The van der Waals surface area contributed by atoms with Gasteiger partial charge in [-0.05, 0) is 54.8 Å². The molecule has 0 spiro atoms. The molecule has 0 saturated carbocycles. The second-order valence-corrected chi connectivity index (χ2v) is 11.6. The van der Waals surface area contributed by atoms with Gasteiger partial charge in [0.05, 0.1) is 21.7 Å². The van der Waals surface area contributed by atoms with Gasteiger partial charge in [-0.15, -0.1) is 0 Å². The highest BCUT2D eigenvalue weighted by atomic mass is 35.5. The van der Waals surface area contributed by atoms with E-state index in [9.17, 15) is 21.6 Å². The summed E-state index contributed by atoms with van der Waals surface area (Å²) in [4.78, 5) is 12.3. The third-order valence-electron chi connectivity index (χ3n) is 4.69. The van der Waals surface area contributed by atoms with Crippen LogP contribution in [0.4, 0.5) is 0 Å². The van der Waals surface area contributed by atoms with Crippen LogP contribution in [0.25, 0.3) is 0 Å². The number of carbonyl (C=O) groups excluding carboxylic acids is 1. The second kappa shape index (κ2) is 8.23. The number of hydrogen-bond donors (Lipinski definition) is 1. The lowest BCUT2D eigenvalue weighted by atomic mass is 10.1. The number of sulfone groups is 2. The van der Waals surface area contributed by atoms with Crippen LogP contribution in [0, 0.1) is 0 Å². The SMILES string of the molecule is O=C(NCCc1ccc(Cl)cc1)c1ccc(S(=O)(=O)C2CCS(=O)(=O)C2)cc1. The van der Waals surface area contributed by atoms with E-state index in [2.05, 4.69) is 5.32 Å². The fourth-order valence-electron chi connectivity index (χ4n) is 3.07. The van der Waals surface area contributed by atoms with Crippen molar-refractivity contribution < 1.29 is 21.6 Å². The van der Waals surface area contributed by atoms with E-state index < -0.39 is 24.9 Å². The summed E-state index contributed by atoms with van der Waals surface area (Å²) in [7, 11) is -7.02. The molecule has 0 aromatic heterocycles. The lowest BCUT2D eigenvalue weighted by molar-refractivity contribution is 0.0954. The van der Waals surface area contributed by atoms with Crippen molar-refractivity contribution in [2.45, 2.75) is 23.0 Å². The number of amides is 1. The van der Waals surface area contributed by atoms with E-state index >= 15 is 0 Å². The third kappa shape index (κ3) is 4.92. The maximum atomic E-state index is 12.6. The predicted molar refractivity (Wildman–Crippen MR) is 108 cm³/mol. The number of rotatable bonds is 6. The van der Waals surface area contributed by atoms with Gasteiger partial charge >= 0.3 is 0 Å². The molecule has 6 nitrogen and oxygen atoms in total. The molecule has 2 aromatic carbocycles. The Morgan fingerprint density at radius 1 is 1.07 bits per heavy atom. The molecule has 9 heteroatoms. The summed E-state index contributed by atoms with van der Waals surface area (Å²) in [6, 6.07) is 12.9. The van der Waals surface area contributed by atoms with Gasteiger partial charge < -0.3 is 5.32 Å². The number of benzene rings is 2. The predicted octanol–water partition coefficient (Wildman–Crippen LogP) is 2.27. The van der Waals surface area contributed by atoms with Gasteiger partial charge in [-0.1, -0.05) is 23.7 Å². The number of carbonyl (C=O) groups is 1. The van der Waals surface area contributed by atoms with Gasteiger partial charge in [-0.25, -0.2) is 16.8 Å². The van der Waals surface area contributed by atoms with E-state index in [-0.39, 0.29) is 28.7 Å². The van der Waals surface area contributed by atoms with Crippen LogP contribution in [0.5, 0.6) is 0 Å². The summed E-state index contributed by atoms with van der Waals surface area (Å²) < 4.78 is 48.3. The average molecular weight is 442 g/mol. The van der Waals surface area contributed by atoms with Crippen molar-refractivity contribution in [2.24, 2.45) is 0 Å². The molecule has 2 aromatic rings. The Hall–Kier alpha value is -1.90. The Morgan fingerprint density at radius 3 is 2.29 bits per heavy atom. The molecule has 1 unspecified atom stereocenters. The molecule has 1 aliphatic rings. The van der Waals surface area contributed by atoms with Crippen LogP contribution in [0.1, 0.15) is 22.3 Å². The van der Waals surface area contributed by atoms with Crippen molar-refractivity contribution in [1.82, 2.24) is 5.32 Å². The van der Waals surface area contributed by atoms with Crippen molar-refractivity contribution in [1.29, 1.82) is 0 Å². The molecule has 28 heavy (non-hydrogen) atoms. The molecule has 3 rings (SSSR count). The fourth-order valence-corrected chi connectivity index (χ4v) is 7.55.